The monoisotopic (exact) mass is 424 g/mol. The summed E-state index contributed by atoms with van der Waals surface area (Å²) in [6.07, 6.45) is 1.48. The van der Waals surface area contributed by atoms with Gasteiger partial charge >= 0.3 is 0 Å². The number of anilines is 1. The van der Waals surface area contributed by atoms with Crippen molar-refractivity contribution < 1.29 is 22.7 Å². The number of sulfone groups is 1. The van der Waals surface area contributed by atoms with E-state index in [2.05, 4.69) is 4.99 Å². The highest BCUT2D eigenvalue weighted by Gasteiger charge is 2.49. The van der Waals surface area contributed by atoms with Crippen molar-refractivity contribution in [2.75, 3.05) is 29.6 Å². The van der Waals surface area contributed by atoms with Crippen LogP contribution >= 0.6 is 11.8 Å². The molecule has 7 nitrogen and oxygen atoms in total. The third-order valence-electron chi connectivity index (χ3n) is 5.41. The lowest BCUT2D eigenvalue weighted by Gasteiger charge is -2.27. The normalized spacial score (nSPS) is 26.7. The van der Waals surface area contributed by atoms with E-state index in [-0.39, 0.29) is 34.6 Å². The summed E-state index contributed by atoms with van der Waals surface area (Å²) in [5, 5.41) is 0.463. The summed E-state index contributed by atoms with van der Waals surface area (Å²) in [6, 6.07) is 5.31. The molecule has 152 valence electrons. The standard InChI is InChI=1S/C19H24N2O5S2/c1-3-12(4-2)18(22)20-19-21(14-10-28(23,24)11-17(14)27-19)13-5-6-15-16(9-13)26-8-7-25-15/h5-6,9,12,14,17H,3-4,7-8,10-11H2,1-2H3/t14-,17+/m1/s1. The number of carbonyl (C=O) groups is 1. The Bertz CT molecular complexity index is 911. The molecule has 3 aliphatic rings. The maximum Gasteiger partial charge on any atom is 0.251 e. The van der Waals surface area contributed by atoms with Gasteiger partial charge in [0.15, 0.2) is 26.5 Å². The zero-order chi connectivity index (χ0) is 19.9. The molecule has 9 heteroatoms. The minimum atomic E-state index is -3.10. The number of thioether (sulfide) groups is 1. The van der Waals surface area contributed by atoms with Crippen molar-refractivity contribution >= 4 is 38.4 Å². The first-order valence-electron chi connectivity index (χ1n) is 9.60. The molecule has 0 saturated carbocycles. The number of fused-ring (bicyclic) bond motifs is 2. The maximum atomic E-state index is 12.6. The molecule has 0 aromatic heterocycles. The summed E-state index contributed by atoms with van der Waals surface area (Å²) >= 11 is 1.39. The van der Waals surface area contributed by atoms with Gasteiger partial charge in [0.05, 0.1) is 17.5 Å². The van der Waals surface area contributed by atoms with Gasteiger partial charge in [0, 0.05) is 22.9 Å². The Morgan fingerprint density at radius 3 is 2.64 bits per heavy atom. The van der Waals surface area contributed by atoms with Crippen LogP contribution in [0.25, 0.3) is 0 Å². The highest BCUT2D eigenvalue weighted by Crippen LogP contribution is 2.43. The summed E-state index contributed by atoms with van der Waals surface area (Å²) in [7, 11) is -3.10. The molecule has 4 rings (SSSR count). The molecule has 1 aromatic carbocycles. The van der Waals surface area contributed by atoms with Crippen molar-refractivity contribution in [3.05, 3.63) is 18.2 Å². The second-order valence-electron chi connectivity index (χ2n) is 7.24. The van der Waals surface area contributed by atoms with Gasteiger partial charge in [-0.15, -0.1) is 0 Å². The Kier molecular flexibility index (Phi) is 5.30. The molecule has 0 unspecified atom stereocenters. The van der Waals surface area contributed by atoms with Gasteiger partial charge in [0.25, 0.3) is 5.91 Å². The van der Waals surface area contributed by atoms with Gasteiger partial charge in [-0.25, -0.2) is 8.42 Å². The third kappa shape index (κ3) is 3.61. The van der Waals surface area contributed by atoms with E-state index in [0.29, 0.717) is 29.9 Å². The maximum absolute atomic E-state index is 12.6. The number of carbonyl (C=O) groups excluding carboxylic acids is 1. The van der Waals surface area contributed by atoms with E-state index in [9.17, 15) is 13.2 Å². The fourth-order valence-electron chi connectivity index (χ4n) is 3.87. The Hall–Kier alpha value is -1.74. The molecular weight excluding hydrogens is 400 g/mol. The summed E-state index contributed by atoms with van der Waals surface area (Å²) in [5.74, 6) is 1.23. The number of aliphatic imine (C=N–C) groups is 1. The van der Waals surface area contributed by atoms with Crippen LogP contribution in [0.4, 0.5) is 5.69 Å². The van der Waals surface area contributed by atoms with Crippen LogP contribution in [0.5, 0.6) is 11.5 Å². The van der Waals surface area contributed by atoms with Gasteiger partial charge in [-0.1, -0.05) is 25.6 Å². The third-order valence-corrected chi connectivity index (χ3v) is 8.62. The van der Waals surface area contributed by atoms with Gasteiger partial charge in [-0.2, -0.15) is 4.99 Å². The van der Waals surface area contributed by atoms with Crippen LogP contribution in [0.3, 0.4) is 0 Å². The van der Waals surface area contributed by atoms with E-state index >= 15 is 0 Å². The van der Waals surface area contributed by atoms with Crippen molar-refractivity contribution in [1.29, 1.82) is 0 Å². The quantitative estimate of drug-likeness (QED) is 0.734. The molecule has 2 fully saturated rings. The van der Waals surface area contributed by atoms with Crippen molar-refractivity contribution in [1.82, 2.24) is 0 Å². The van der Waals surface area contributed by atoms with Crippen molar-refractivity contribution in [2.45, 2.75) is 38.0 Å². The number of rotatable bonds is 4. The number of ether oxygens (including phenoxy) is 2. The van der Waals surface area contributed by atoms with Gasteiger partial charge in [0.2, 0.25) is 0 Å². The summed E-state index contributed by atoms with van der Waals surface area (Å²) < 4.78 is 35.6. The first-order chi connectivity index (χ1) is 13.4. The molecule has 1 amide bonds. The Balaban J connectivity index is 1.72. The average molecular weight is 425 g/mol. The van der Waals surface area contributed by atoms with Gasteiger partial charge in [-0.3, -0.25) is 4.79 Å². The molecular formula is C19H24N2O5S2. The molecule has 28 heavy (non-hydrogen) atoms. The summed E-state index contributed by atoms with van der Waals surface area (Å²) in [5.41, 5.74) is 0.775. The van der Waals surface area contributed by atoms with Crippen LogP contribution in [0, 0.1) is 5.92 Å². The van der Waals surface area contributed by atoms with E-state index in [0.717, 1.165) is 18.5 Å². The molecule has 3 heterocycles. The average Bonchev–Trinajstić information content (AvgIpc) is 3.13. The second-order valence-corrected chi connectivity index (χ2v) is 10.6. The lowest BCUT2D eigenvalue weighted by Crippen LogP contribution is -2.38. The largest absolute Gasteiger partial charge is 0.486 e. The first-order valence-corrected chi connectivity index (χ1v) is 12.3. The summed E-state index contributed by atoms with van der Waals surface area (Å²) in [4.78, 5) is 18.9. The number of hydrogen-bond donors (Lipinski definition) is 0. The fourth-order valence-corrected chi connectivity index (χ4v) is 7.79. The van der Waals surface area contributed by atoms with Crippen molar-refractivity contribution in [2.24, 2.45) is 10.9 Å². The van der Waals surface area contributed by atoms with E-state index in [1.807, 2.05) is 36.9 Å². The van der Waals surface area contributed by atoms with Gasteiger partial charge in [-0.05, 0) is 25.0 Å². The van der Waals surface area contributed by atoms with E-state index in [1.165, 1.54) is 11.8 Å². The number of amides is 1. The van der Waals surface area contributed by atoms with Gasteiger partial charge < -0.3 is 14.4 Å². The molecule has 2 saturated heterocycles. The number of nitrogens with zero attached hydrogens (tertiary/aromatic N) is 2. The molecule has 2 atom stereocenters. The van der Waals surface area contributed by atoms with Crippen LogP contribution in [0.15, 0.2) is 23.2 Å². The predicted molar refractivity (Wildman–Crippen MR) is 110 cm³/mol. The minimum absolute atomic E-state index is 0.0668. The predicted octanol–water partition coefficient (Wildman–Crippen LogP) is 2.50. The Morgan fingerprint density at radius 1 is 1.21 bits per heavy atom. The number of amidine groups is 1. The first kappa shape index (κ1) is 19.6. The van der Waals surface area contributed by atoms with Crippen LogP contribution in [-0.4, -0.2) is 55.5 Å². The molecule has 0 spiro atoms. The highest BCUT2D eigenvalue weighted by atomic mass is 32.2. The van der Waals surface area contributed by atoms with E-state index < -0.39 is 9.84 Å². The van der Waals surface area contributed by atoms with Crippen molar-refractivity contribution in [3.8, 4) is 11.5 Å². The van der Waals surface area contributed by atoms with Gasteiger partial charge in [0.1, 0.15) is 13.2 Å². The lowest BCUT2D eigenvalue weighted by molar-refractivity contribution is -0.121. The zero-order valence-corrected chi connectivity index (χ0v) is 17.6. The zero-order valence-electron chi connectivity index (χ0n) is 16.0. The second kappa shape index (κ2) is 7.59. The van der Waals surface area contributed by atoms with E-state index in [1.54, 1.807) is 0 Å². The summed E-state index contributed by atoms with van der Waals surface area (Å²) in [6.45, 7) is 4.94. The topological polar surface area (TPSA) is 85.3 Å². The molecule has 3 aliphatic heterocycles. The molecule has 0 bridgehead atoms. The number of hydrogen-bond acceptors (Lipinski definition) is 6. The Labute approximate surface area is 169 Å². The molecule has 0 radical (unpaired) electrons. The number of benzene rings is 1. The molecule has 0 aliphatic carbocycles. The fraction of sp³-hybridized carbons (Fsp3) is 0.579. The minimum Gasteiger partial charge on any atom is -0.486 e. The SMILES string of the molecule is CCC(CC)C(=O)N=C1S[C@H]2CS(=O)(=O)C[C@H]2N1c1ccc2c(c1)OCCO2. The smallest absolute Gasteiger partial charge is 0.251 e. The Morgan fingerprint density at radius 2 is 1.93 bits per heavy atom. The van der Waals surface area contributed by atoms with E-state index in [4.69, 9.17) is 9.47 Å². The molecule has 1 aromatic rings. The van der Waals surface area contributed by atoms with Crippen LogP contribution < -0.4 is 14.4 Å². The van der Waals surface area contributed by atoms with Crippen LogP contribution in [0.2, 0.25) is 0 Å². The van der Waals surface area contributed by atoms with Crippen LogP contribution in [0.1, 0.15) is 26.7 Å². The lowest BCUT2D eigenvalue weighted by atomic mass is 10.0. The van der Waals surface area contributed by atoms with Crippen molar-refractivity contribution in [3.63, 3.8) is 0 Å². The van der Waals surface area contributed by atoms with Crippen LogP contribution in [-0.2, 0) is 14.6 Å². The highest BCUT2D eigenvalue weighted by molar-refractivity contribution is 8.16. The molecule has 0 N–H and O–H groups in total.